The first kappa shape index (κ1) is 13.8. The molecule has 1 aromatic carbocycles. The summed E-state index contributed by atoms with van der Waals surface area (Å²) in [6.07, 6.45) is 5.74. The van der Waals surface area contributed by atoms with Gasteiger partial charge in [0.05, 0.1) is 5.69 Å². The Morgan fingerprint density at radius 3 is 2.79 bits per heavy atom. The molecule has 1 amide bonds. The van der Waals surface area contributed by atoms with Crippen LogP contribution in [0.1, 0.15) is 49.4 Å². The molecule has 1 aromatic rings. The van der Waals surface area contributed by atoms with Crippen molar-refractivity contribution in [3.8, 4) is 0 Å². The summed E-state index contributed by atoms with van der Waals surface area (Å²) >= 11 is 0. The second-order valence-electron chi connectivity index (χ2n) is 5.43. The fourth-order valence-corrected chi connectivity index (χ4v) is 2.63. The van der Waals surface area contributed by atoms with E-state index in [0.29, 0.717) is 11.5 Å². The molecule has 2 atom stereocenters. The van der Waals surface area contributed by atoms with Crippen molar-refractivity contribution in [1.29, 1.82) is 0 Å². The zero-order valence-electron chi connectivity index (χ0n) is 11.3. The number of carbonyl (C=O) groups excluding carboxylic acids is 1. The first-order chi connectivity index (χ1) is 9.08. The molecular weight excluding hydrogens is 243 g/mol. The van der Waals surface area contributed by atoms with Gasteiger partial charge in [0.1, 0.15) is 5.82 Å². The van der Waals surface area contributed by atoms with Crippen molar-refractivity contribution < 1.29 is 9.18 Å². The molecule has 1 aliphatic carbocycles. The molecule has 0 radical (unpaired) electrons. The molecule has 2 rings (SSSR count). The molecule has 3 nitrogen and oxygen atoms in total. The minimum absolute atomic E-state index is 0.0689. The third-order valence-electron chi connectivity index (χ3n) is 3.94. The van der Waals surface area contributed by atoms with E-state index in [-0.39, 0.29) is 17.6 Å². The molecule has 0 saturated heterocycles. The molecule has 1 saturated carbocycles. The smallest absolute Gasteiger partial charge is 0.251 e. The van der Waals surface area contributed by atoms with Crippen LogP contribution >= 0.6 is 0 Å². The standard InChI is InChI=1S/C15H21FN2O/c1-10-5-3-2-4-6-14(10)18-15(19)11-7-8-13(17)12(16)9-11/h7-10,14H,2-6,17H2,1H3,(H,18,19). The first-order valence-corrected chi connectivity index (χ1v) is 6.94. The highest BCUT2D eigenvalue weighted by Gasteiger charge is 2.22. The highest BCUT2D eigenvalue weighted by Crippen LogP contribution is 2.23. The number of hydrogen-bond donors (Lipinski definition) is 2. The average molecular weight is 264 g/mol. The van der Waals surface area contributed by atoms with Crippen molar-refractivity contribution in [2.45, 2.75) is 45.1 Å². The van der Waals surface area contributed by atoms with Crippen LogP contribution in [0.15, 0.2) is 18.2 Å². The van der Waals surface area contributed by atoms with Gasteiger partial charge in [0, 0.05) is 11.6 Å². The lowest BCUT2D eigenvalue weighted by Gasteiger charge is -2.22. The van der Waals surface area contributed by atoms with Crippen LogP contribution in [0.4, 0.5) is 10.1 Å². The average Bonchev–Trinajstić information content (AvgIpc) is 2.58. The van der Waals surface area contributed by atoms with Gasteiger partial charge in [0.25, 0.3) is 5.91 Å². The highest BCUT2D eigenvalue weighted by atomic mass is 19.1. The molecule has 0 aromatic heterocycles. The van der Waals surface area contributed by atoms with Crippen LogP contribution in [-0.4, -0.2) is 11.9 Å². The summed E-state index contributed by atoms with van der Waals surface area (Å²) in [5.41, 5.74) is 5.81. The monoisotopic (exact) mass is 264 g/mol. The van der Waals surface area contributed by atoms with Gasteiger partial charge in [0.15, 0.2) is 0 Å². The van der Waals surface area contributed by atoms with Gasteiger partial charge in [-0.1, -0.05) is 26.2 Å². The minimum Gasteiger partial charge on any atom is -0.396 e. The van der Waals surface area contributed by atoms with E-state index in [1.165, 1.54) is 25.0 Å². The van der Waals surface area contributed by atoms with Gasteiger partial charge in [-0.3, -0.25) is 4.79 Å². The SMILES string of the molecule is CC1CCCCCC1NC(=O)c1ccc(N)c(F)c1. The van der Waals surface area contributed by atoms with Gasteiger partial charge in [-0.15, -0.1) is 0 Å². The number of rotatable bonds is 2. The predicted molar refractivity (Wildman–Crippen MR) is 74.3 cm³/mol. The molecule has 0 heterocycles. The molecule has 0 bridgehead atoms. The number of nitrogen functional groups attached to an aromatic ring is 1. The van der Waals surface area contributed by atoms with Gasteiger partial charge < -0.3 is 11.1 Å². The van der Waals surface area contributed by atoms with Crippen molar-refractivity contribution >= 4 is 11.6 Å². The van der Waals surface area contributed by atoms with Crippen LogP contribution in [0.3, 0.4) is 0 Å². The minimum atomic E-state index is -0.540. The number of amides is 1. The fraction of sp³-hybridized carbons (Fsp3) is 0.533. The Hall–Kier alpha value is -1.58. The van der Waals surface area contributed by atoms with Crippen LogP contribution < -0.4 is 11.1 Å². The third kappa shape index (κ3) is 3.46. The van der Waals surface area contributed by atoms with E-state index in [9.17, 15) is 9.18 Å². The van der Waals surface area contributed by atoms with Crippen LogP contribution in [0.2, 0.25) is 0 Å². The van der Waals surface area contributed by atoms with Crippen molar-refractivity contribution in [2.75, 3.05) is 5.73 Å². The third-order valence-corrected chi connectivity index (χ3v) is 3.94. The van der Waals surface area contributed by atoms with Crippen LogP contribution in [0.25, 0.3) is 0 Å². The summed E-state index contributed by atoms with van der Waals surface area (Å²) in [7, 11) is 0. The Morgan fingerprint density at radius 1 is 1.32 bits per heavy atom. The molecule has 0 spiro atoms. The van der Waals surface area contributed by atoms with E-state index in [1.54, 1.807) is 6.07 Å². The molecular formula is C15H21FN2O. The van der Waals surface area contributed by atoms with Gasteiger partial charge in [-0.25, -0.2) is 4.39 Å². The largest absolute Gasteiger partial charge is 0.396 e. The quantitative estimate of drug-likeness (QED) is 0.637. The molecule has 1 aliphatic rings. The van der Waals surface area contributed by atoms with E-state index in [4.69, 9.17) is 5.73 Å². The Kier molecular flexibility index (Phi) is 4.40. The first-order valence-electron chi connectivity index (χ1n) is 6.94. The summed E-state index contributed by atoms with van der Waals surface area (Å²) in [6, 6.07) is 4.39. The normalized spacial score (nSPS) is 23.7. The van der Waals surface area contributed by atoms with E-state index < -0.39 is 5.82 Å². The van der Waals surface area contributed by atoms with Crippen molar-refractivity contribution in [1.82, 2.24) is 5.32 Å². The Balaban J connectivity index is 2.05. The second-order valence-corrected chi connectivity index (χ2v) is 5.43. The van der Waals surface area contributed by atoms with Gasteiger partial charge in [0.2, 0.25) is 0 Å². The topological polar surface area (TPSA) is 55.1 Å². The lowest BCUT2D eigenvalue weighted by molar-refractivity contribution is 0.0921. The maximum absolute atomic E-state index is 13.4. The molecule has 19 heavy (non-hydrogen) atoms. The zero-order chi connectivity index (χ0) is 13.8. The number of halogens is 1. The molecule has 4 heteroatoms. The predicted octanol–water partition coefficient (Wildman–Crippen LogP) is 3.11. The Morgan fingerprint density at radius 2 is 2.05 bits per heavy atom. The summed E-state index contributed by atoms with van der Waals surface area (Å²) in [5.74, 6) is -0.274. The molecule has 2 unspecified atom stereocenters. The number of benzene rings is 1. The van der Waals surface area contributed by atoms with Crippen molar-refractivity contribution in [3.63, 3.8) is 0 Å². The highest BCUT2D eigenvalue weighted by molar-refractivity contribution is 5.94. The van der Waals surface area contributed by atoms with Crippen molar-refractivity contribution in [3.05, 3.63) is 29.6 Å². The number of anilines is 1. The fourth-order valence-electron chi connectivity index (χ4n) is 2.63. The molecule has 3 N–H and O–H groups in total. The summed E-state index contributed by atoms with van der Waals surface area (Å²) in [6.45, 7) is 2.17. The van der Waals surface area contributed by atoms with E-state index >= 15 is 0 Å². The van der Waals surface area contributed by atoms with Gasteiger partial charge in [-0.05, 0) is 37.0 Å². The summed E-state index contributed by atoms with van der Waals surface area (Å²) < 4.78 is 13.4. The molecule has 0 aliphatic heterocycles. The van der Waals surface area contributed by atoms with E-state index in [1.807, 2.05) is 0 Å². The Bertz CT molecular complexity index is 461. The summed E-state index contributed by atoms with van der Waals surface area (Å²) in [4.78, 5) is 12.1. The molecule has 104 valence electrons. The van der Waals surface area contributed by atoms with Crippen LogP contribution in [0.5, 0.6) is 0 Å². The Labute approximate surface area is 113 Å². The second kappa shape index (κ2) is 6.04. The zero-order valence-corrected chi connectivity index (χ0v) is 11.3. The van der Waals surface area contributed by atoms with E-state index in [2.05, 4.69) is 12.2 Å². The van der Waals surface area contributed by atoms with Gasteiger partial charge >= 0.3 is 0 Å². The summed E-state index contributed by atoms with van der Waals surface area (Å²) in [5, 5.41) is 3.03. The maximum atomic E-state index is 13.4. The number of carbonyl (C=O) groups is 1. The van der Waals surface area contributed by atoms with Crippen molar-refractivity contribution in [2.24, 2.45) is 5.92 Å². The van der Waals surface area contributed by atoms with Crippen LogP contribution in [-0.2, 0) is 0 Å². The van der Waals surface area contributed by atoms with Crippen LogP contribution in [0, 0.1) is 11.7 Å². The maximum Gasteiger partial charge on any atom is 0.251 e. The number of nitrogens with two attached hydrogens (primary N) is 1. The number of hydrogen-bond acceptors (Lipinski definition) is 2. The lowest BCUT2D eigenvalue weighted by atomic mass is 9.96. The molecule has 1 fully saturated rings. The number of nitrogens with one attached hydrogen (secondary N) is 1. The van der Waals surface area contributed by atoms with E-state index in [0.717, 1.165) is 19.3 Å². The van der Waals surface area contributed by atoms with Gasteiger partial charge in [-0.2, -0.15) is 0 Å². The lowest BCUT2D eigenvalue weighted by Crippen LogP contribution is -2.38.